The van der Waals surface area contributed by atoms with Gasteiger partial charge in [0.25, 0.3) is 5.91 Å². The Hall–Kier alpha value is -2.00. The summed E-state index contributed by atoms with van der Waals surface area (Å²) in [5.74, 6) is 0.821. The average Bonchev–Trinajstić information content (AvgIpc) is 3.21. The Morgan fingerprint density at radius 1 is 1.23 bits per heavy atom. The van der Waals surface area contributed by atoms with Crippen molar-refractivity contribution in [1.29, 1.82) is 0 Å². The summed E-state index contributed by atoms with van der Waals surface area (Å²) in [7, 11) is 5.32. The first-order valence-corrected chi connectivity index (χ1v) is 10.6. The summed E-state index contributed by atoms with van der Waals surface area (Å²) < 4.78 is 0. The molecule has 2 aromatic rings. The molecule has 31 heavy (non-hydrogen) atoms. The van der Waals surface area contributed by atoms with E-state index >= 15 is 0 Å². The standard InChI is InChI=1S/C23H30ClN5O.HI/c1-25-23(26-12-10-17-6-4-7-18(14-17)22(30)28(2)3)27-20-11-13-29(16-20)21-9-5-8-19(24)15-21;/h4-9,14-15,20H,10-13,16H2,1-3H3,(H2,25,26,27);1H. The molecular formula is C23H31ClIN5O. The van der Waals surface area contributed by atoms with Crippen LogP contribution in [-0.2, 0) is 6.42 Å². The maximum absolute atomic E-state index is 12.1. The third kappa shape index (κ3) is 7.28. The number of halogens is 2. The minimum atomic E-state index is 0. The summed E-state index contributed by atoms with van der Waals surface area (Å²) in [6.45, 7) is 2.64. The summed E-state index contributed by atoms with van der Waals surface area (Å²) in [6, 6.07) is 16.1. The van der Waals surface area contributed by atoms with Crippen LogP contribution >= 0.6 is 35.6 Å². The lowest BCUT2D eigenvalue weighted by atomic mass is 10.1. The van der Waals surface area contributed by atoms with Crippen molar-refractivity contribution >= 4 is 53.1 Å². The largest absolute Gasteiger partial charge is 0.369 e. The molecule has 1 aliphatic heterocycles. The number of rotatable bonds is 6. The van der Waals surface area contributed by atoms with E-state index in [0.717, 1.165) is 54.7 Å². The summed E-state index contributed by atoms with van der Waals surface area (Å²) in [4.78, 5) is 20.4. The number of nitrogens with zero attached hydrogens (tertiary/aromatic N) is 3. The fraction of sp³-hybridized carbons (Fsp3) is 0.391. The topological polar surface area (TPSA) is 60.0 Å². The molecule has 1 unspecified atom stereocenters. The zero-order valence-corrected chi connectivity index (χ0v) is 21.4. The zero-order chi connectivity index (χ0) is 21.5. The highest BCUT2D eigenvalue weighted by Gasteiger charge is 2.23. The summed E-state index contributed by atoms with van der Waals surface area (Å²) in [5.41, 5.74) is 2.99. The molecule has 0 aliphatic carbocycles. The van der Waals surface area contributed by atoms with Gasteiger partial charge in [0, 0.05) is 63.1 Å². The van der Waals surface area contributed by atoms with Gasteiger partial charge in [-0.15, -0.1) is 24.0 Å². The number of hydrogen-bond donors (Lipinski definition) is 2. The molecular weight excluding hydrogens is 525 g/mol. The SMILES string of the molecule is CN=C(NCCc1cccc(C(=O)N(C)C)c1)NC1CCN(c2cccc(Cl)c2)C1.I. The molecule has 6 nitrogen and oxygen atoms in total. The van der Waals surface area contributed by atoms with Crippen molar-refractivity contribution in [3.63, 3.8) is 0 Å². The number of anilines is 1. The van der Waals surface area contributed by atoms with Crippen molar-refractivity contribution in [2.45, 2.75) is 18.9 Å². The lowest BCUT2D eigenvalue weighted by molar-refractivity contribution is 0.0827. The van der Waals surface area contributed by atoms with Crippen LogP contribution in [0.4, 0.5) is 5.69 Å². The van der Waals surface area contributed by atoms with Crippen LogP contribution in [0.5, 0.6) is 0 Å². The molecule has 168 valence electrons. The minimum Gasteiger partial charge on any atom is -0.369 e. The monoisotopic (exact) mass is 555 g/mol. The van der Waals surface area contributed by atoms with E-state index in [-0.39, 0.29) is 29.9 Å². The summed E-state index contributed by atoms with van der Waals surface area (Å²) in [6.07, 6.45) is 1.86. The Morgan fingerprint density at radius 3 is 2.71 bits per heavy atom. The van der Waals surface area contributed by atoms with Gasteiger partial charge in [-0.25, -0.2) is 0 Å². The van der Waals surface area contributed by atoms with Gasteiger partial charge in [0.1, 0.15) is 0 Å². The molecule has 1 fully saturated rings. The highest BCUT2D eigenvalue weighted by atomic mass is 127. The van der Waals surface area contributed by atoms with E-state index in [1.54, 1.807) is 26.0 Å². The van der Waals surface area contributed by atoms with Crippen LogP contribution in [0.2, 0.25) is 5.02 Å². The zero-order valence-electron chi connectivity index (χ0n) is 18.3. The van der Waals surface area contributed by atoms with E-state index in [4.69, 9.17) is 11.6 Å². The number of hydrogen-bond acceptors (Lipinski definition) is 3. The smallest absolute Gasteiger partial charge is 0.253 e. The molecule has 2 aromatic carbocycles. The van der Waals surface area contributed by atoms with E-state index in [9.17, 15) is 4.79 Å². The first-order chi connectivity index (χ1) is 14.5. The third-order valence-corrected chi connectivity index (χ3v) is 5.45. The predicted octanol–water partition coefficient (Wildman–Crippen LogP) is 3.65. The maximum Gasteiger partial charge on any atom is 0.253 e. The second-order valence-corrected chi connectivity index (χ2v) is 8.14. The molecule has 1 saturated heterocycles. The van der Waals surface area contributed by atoms with Gasteiger partial charge < -0.3 is 20.4 Å². The molecule has 8 heteroatoms. The van der Waals surface area contributed by atoms with Gasteiger partial charge in [0.05, 0.1) is 0 Å². The second-order valence-electron chi connectivity index (χ2n) is 7.70. The van der Waals surface area contributed by atoms with Crippen molar-refractivity contribution in [2.75, 3.05) is 45.7 Å². The van der Waals surface area contributed by atoms with Crippen LogP contribution in [0.25, 0.3) is 0 Å². The molecule has 1 aliphatic rings. The Balaban J connectivity index is 0.00000341. The summed E-state index contributed by atoms with van der Waals surface area (Å²) in [5, 5.41) is 7.66. The van der Waals surface area contributed by atoms with Gasteiger partial charge in [-0.3, -0.25) is 9.79 Å². The van der Waals surface area contributed by atoms with Gasteiger partial charge in [-0.2, -0.15) is 0 Å². The van der Waals surface area contributed by atoms with Gasteiger partial charge in [-0.1, -0.05) is 29.8 Å². The van der Waals surface area contributed by atoms with Crippen molar-refractivity contribution in [2.24, 2.45) is 4.99 Å². The van der Waals surface area contributed by atoms with E-state index in [0.29, 0.717) is 11.6 Å². The van der Waals surface area contributed by atoms with Crippen molar-refractivity contribution in [3.05, 3.63) is 64.7 Å². The molecule has 0 spiro atoms. The molecule has 0 aromatic heterocycles. The number of amides is 1. The van der Waals surface area contributed by atoms with Crippen LogP contribution in [-0.4, -0.2) is 63.6 Å². The van der Waals surface area contributed by atoms with Crippen LogP contribution in [0.3, 0.4) is 0 Å². The van der Waals surface area contributed by atoms with Crippen LogP contribution in [0, 0.1) is 0 Å². The molecule has 1 atom stereocenters. The number of benzene rings is 2. The molecule has 1 amide bonds. The first-order valence-electron chi connectivity index (χ1n) is 10.2. The van der Waals surface area contributed by atoms with Gasteiger partial charge in [0.15, 0.2) is 5.96 Å². The van der Waals surface area contributed by atoms with Crippen LogP contribution < -0.4 is 15.5 Å². The Labute approximate surface area is 207 Å². The van der Waals surface area contributed by atoms with Crippen LogP contribution in [0.15, 0.2) is 53.5 Å². The van der Waals surface area contributed by atoms with E-state index in [2.05, 4.69) is 26.6 Å². The van der Waals surface area contributed by atoms with E-state index in [1.165, 1.54) is 0 Å². The number of nitrogens with one attached hydrogen (secondary N) is 2. The van der Waals surface area contributed by atoms with Crippen molar-refractivity contribution in [1.82, 2.24) is 15.5 Å². The molecule has 0 bridgehead atoms. The number of aliphatic imine (C=N–C) groups is 1. The number of carbonyl (C=O) groups is 1. The first kappa shape index (κ1) is 25.3. The fourth-order valence-corrected chi connectivity index (χ4v) is 3.80. The van der Waals surface area contributed by atoms with Crippen molar-refractivity contribution in [3.8, 4) is 0 Å². The van der Waals surface area contributed by atoms with Gasteiger partial charge in [0.2, 0.25) is 0 Å². The Morgan fingerprint density at radius 2 is 2.00 bits per heavy atom. The average molecular weight is 556 g/mol. The quantitative estimate of drug-likeness (QED) is 0.325. The molecule has 2 N–H and O–H groups in total. The molecule has 3 rings (SSSR count). The normalized spacial score (nSPS) is 15.9. The Kier molecular flexibility index (Phi) is 9.90. The lowest BCUT2D eigenvalue weighted by Crippen LogP contribution is -2.45. The minimum absolute atomic E-state index is 0. The van der Waals surface area contributed by atoms with E-state index in [1.807, 2.05) is 42.5 Å². The molecule has 0 saturated carbocycles. The molecule has 0 radical (unpaired) electrons. The highest BCUT2D eigenvalue weighted by molar-refractivity contribution is 14.0. The lowest BCUT2D eigenvalue weighted by Gasteiger charge is -2.20. The Bertz CT molecular complexity index is 905. The van der Waals surface area contributed by atoms with Gasteiger partial charge >= 0.3 is 0 Å². The van der Waals surface area contributed by atoms with E-state index < -0.39 is 0 Å². The third-order valence-electron chi connectivity index (χ3n) is 5.21. The second kappa shape index (κ2) is 12.1. The van der Waals surface area contributed by atoms with Crippen LogP contribution in [0.1, 0.15) is 22.3 Å². The van der Waals surface area contributed by atoms with Gasteiger partial charge in [-0.05, 0) is 48.7 Å². The van der Waals surface area contributed by atoms with Crippen molar-refractivity contribution < 1.29 is 4.79 Å². The molecule has 1 heterocycles. The highest BCUT2D eigenvalue weighted by Crippen LogP contribution is 2.23. The predicted molar refractivity (Wildman–Crippen MR) is 140 cm³/mol. The number of carbonyl (C=O) groups excluding carboxylic acids is 1. The summed E-state index contributed by atoms with van der Waals surface area (Å²) >= 11 is 6.12. The fourth-order valence-electron chi connectivity index (χ4n) is 3.62. The maximum atomic E-state index is 12.1. The number of guanidine groups is 1.